The van der Waals surface area contributed by atoms with Crippen molar-refractivity contribution in [2.75, 3.05) is 0 Å². The average Bonchev–Trinajstić information content (AvgIpc) is 2.99. The van der Waals surface area contributed by atoms with Gasteiger partial charge in [0.15, 0.2) is 5.76 Å². The fourth-order valence-corrected chi connectivity index (χ4v) is 2.89. The molecule has 27 heavy (non-hydrogen) atoms. The van der Waals surface area contributed by atoms with Gasteiger partial charge in [0.05, 0.1) is 11.1 Å². The van der Waals surface area contributed by atoms with Crippen molar-refractivity contribution in [1.29, 1.82) is 0 Å². The second-order valence-corrected chi connectivity index (χ2v) is 6.28. The smallest absolute Gasteiger partial charge is 0.343 e. The van der Waals surface area contributed by atoms with Gasteiger partial charge in [-0.05, 0) is 42.0 Å². The summed E-state index contributed by atoms with van der Waals surface area (Å²) in [6.45, 7) is 0. The fraction of sp³-hybridized carbons (Fsp3) is 0. The molecule has 0 unspecified atom stereocenters. The topological polar surface area (TPSA) is 52.6 Å². The van der Waals surface area contributed by atoms with Gasteiger partial charge in [-0.1, -0.05) is 48.0 Å². The maximum absolute atomic E-state index is 12.5. The minimum absolute atomic E-state index is 0.171. The molecular weight excluding hydrogens is 364 g/mol. The van der Waals surface area contributed by atoms with Gasteiger partial charge in [0.2, 0.25) is 5.78 Å². The van der Waals surface area contributed by atoms with E-state index in [9.17, 15) is 9.59 Å². The molecule has 1 aliphatic heterocycles. The number of carbonyl (C=O) groups excluding carboxylic acids is 2. The van der Waals surface area contributed by atoms with Crippen LogP contribution in [0.5, 0.6) is 11.5 Å². The zero-order valence-corrected chi connectivity index (χ0v) is 14.8. The molecule has 1 aliphatic rings. The first-order chi connectivity index (χ1) is 13.1. The van der Waals surface area contributed by atoms with Crippen molar-refractivity contribution in [2.45, 2.75) is 0 Å². The number of benzene rings is 3. The second-order valence-electron chi connectivity index (χ2n) is 5.87. The molecule has 4 nitrogen and oxygen atoms in total. The molecule has 0 saturated carbocycles. The summed E-state index contributed by atoms with van der Waals surface area (Å²) < 4.78 is 11.0. The number of esters is 1. The summed E-state index contributed by atoms with van der Waals surface area (Å²) in [5, 5.41) is 0.523. The Balaban J connectivity index is 1.58. The summed E-state index contributed by atoms with van der Waals surface area (Å²) in [6, 6.07) is 20.5. The molecule has 0 saturated heterocycles. The van der Waals surface area contributed by atoms with Crippen LogP contribution in [-0.2, 0) is 0 Å². The van der Waals surface area contributed by atoms with Gasteiger partial charge in [-0.15, -0.1) is 0 Å². The molecule has 1 heterocycles. The Morgan fingerprint density at radius 3 is 2.48 bits per heavy atom. The van der Waals surface area contributed by atoms with Gasteiger partial charge in [-0.2, -0.15) is 0 Å². The molecule has 3 aromatic carbocycles. The lowest BCUT2D eigenvalue weighted by Crippen LogP contribution is -2.08. The predicted octanol–water partition coefficient (Wildman–Crippen LogP) is 5.18. The van der Waals surface area contributed by atoms with E-state index in [1.807, 2.05) is 18.2 Å². The third-order valence-electron chi connectivity index (χ3n) is 4.05. The number of fused-ring (bicyclic) bond motifs is 1. The molecule has 0 amide bonds. The highest BCUT2D eigenvalue weighted by Crippen LogP contribution is 2.35. The van der Waals surface area contributed by atoms with E-state index in [4.69, 9.17) is 21.1 Å². The van der Waals surface area contributed by atoms with Crippen molar-refractivity contribution in [3.05, 3.63) is 100 Å². The normalized spacial score (nSPS) is 14.0. The zero-order chi connectivity index (χ0) is 18.8. The van der Waals surface area contributed by atoms with Crippen LogP contribution >= 0.6 is 11.6 Å². The Labute approximate surface area is 160 Å². The largest absolute Gasteiger partial charge is 0.452 e. The summed E-state index contributed by atoms with van der Waals surface area (Å²) in [4.78, 5) is 24.7. The first kappa shape index (κ1) is 17.1. The molecule has 0 spiro atoms. The first-order valence-electron chi connectivity index (χ1n) is 8.22. The Bertz CT molecular complexity index is 1070. The number of hydrogen-bond donors (Lipinski definition) is 0. The number of halogens is 1. The molecule has 0 aromatic heterocycles. The number of carbonyl (C=O) groups is 2. The van der Waals surface area contributed by atoms with Crippen LogP contribution < -0.4 is 9.47 Å². The third-order valence-corrected chi connectivity index (χ3v) is 4.40. The molecule has 0 atom stereocenters. The van der Waals surface area contributed by atoms with Crippen molar-refractivity contribution < 1.29 is 19.1 Å². The fourth-order valence-electron chi connectivity index (χ4n) is 2.70. The van der Waals surface area contributed by atoms with Gasteiger partial charge in [-0.25, -0.2) is 4.79 Å². The van der Waals surface area contributed by atoms with Crippen molar-refractivity contribution >= 4 is 29.4 Å². The van der Waals surface area contributed by atoms with E-state index in [1.54, 1.807) is 54.6 Å². The summed E-state index contributed by atoms with van der Waals surface area (Å²) in [7, 11) is 0. The van der Waals surface area contributed by atoms with E-state index in [0.717, 1.165) is 0 Å². The average molecular weight is 377 g/mol. The van der Waals surface area contributed by atoms with Crippen molar-refractivity contribution in [1.82, 2.24) is 0 Å². The molecule has 0 fully saturated rings. The summed E-state index contributed by atoms with van der Waals surface area (Å²) in [6.07, 6.45) is 1.60. The molecule has 4 rings (SSSR count). The van der Waals surface area contributed by atoms with Crippen molar-refractivity contribution in [3.8, 4) is 11.5 Å². The van der Waals surface area contributed by atoms with E-state index in [2.05, 4.69) is 0 Å². The summed E-state index contributed by atoms with van der Waals surface area (Å²) in [5.74, 6) is 0.0910. The van der Waals surface area contributed by atoms with Gasteiger partial charge in [0, 0.05) is 11.1 Å². The van der Waals surface area contributed by atoms with Crippen LogP contribution in [0.25, 0.3) is 6.08 Å². The van der Waals surface area contributed by atoms with Crippen LogP contribution in [0.1, 0.15) is 26.3 Å². The molecule has 0 N–H and O–H groups in total. The lowest BCUT2D eigenvalue weighted by atomic mass is 10.1. The van der Waals surface area contributed by atoms with Crippen molar-refractivity contribution in [3.63, 3.8) is 0 Å². The Morgan fingerprint density at radius 1 is 0.963 bits per heavy atom. The number of rotatable bonds is 3. The van der Waals surface area contributed by atoms with E-state index in [0.29, 0.717) is 33.2 Å². The van der Waals surface area contributed by atoms with E-state index >= 15 is 0 Å². The molecule has 0 radical (unpaired) electrons. The number of ether oxygens (including phenoxy) is 2. The van der Waals surface area contributed by atoms with Crippen LogP contribution in [0, 0.1) is 0 Å². The van der Waals surface area contributed by atoms with Crippen LogP contribution in [0.15, 0.2) is 78.6 Å². The molecule has 0 bridgehead atoms. The number of ketones is 1. The quantitative estimate of drug-likeness (QED) is 0.359. The van der Waals surface area contributed by atoms with Gasteiger partial charge in [-0.3, -0.25) is 4.79 Å². The molecule has 3 aromatic rings. The third kappa shape index (κ3) is 3.48. The molecule has 132 valence electrons. The highest BCUT2D eigenvalue weighted by molar-refractivity contribution is 6.32. The van der Waals surface area contributed by atoms with Crippen LogP contribution in [-0.4, -0.2) is 11.8 Å². The summed E-state index contributed by atoms with van der Waals surface area (Å²) >= 11 is 6.13. The lowest BCUT2D eigenvalue weighted by Gasteiger charge is -2.05. The Morgan fingerprint density at radius 2 is 1.70 bits per heavy atom. The van der Waals surface area contributed by atoms with Gasteiger partial charge >= 0.3 is 5.97 Å². The van der Waals surface area contributed by atoms with E-state index in [-0.39, 0.29) is 11.5 Å². The number of hydrogen-bond acceptors (Lipinski definition) is 4. The predicted molar refractivity (Wildman–Crippen MR) is 102 cm³/mol. The Kier molecular flexibility index (Phi) is 4.48. The summed E-state index contributed by atoms with van der Waals surface area (Å²) in [5.41, 5.74) is 1.54. The molecule has 0 aliphatic carbocycles. The highest BCUT2D eigenvalue weighted by atomic mass is 35.5. The second kappa shape index (κ2) is 7.09. The maximum Gasteiger partial charge on any atom is 0.343 e. The van der Waals surface area contributed by atoms with Crippen molar-refractivity contribution in [2.24, 2.45) is 0 Å². The first-order valence-corrected chi connectivity index (χ1v) is 8.60. The minimum Gasteiger partial charge on any atom is -0.452 e. The number of Topliss-reactive ketones (excluding diaryl/α,β-unsaturated/α-hetero) is 1. The standard InChI is InChI=1S/C22H13ClO4/c23-18-9-5-4-8-15(18)12-20-21(24)17-11-10-16(13-19(17)27-20)26-22(25)14-6-2-1-3-7-14/h1-13H/b20-12-. The Hall–Kier alpha value is -3.37. The lowest BCUT2D eigenvalue weighted by molar-refractivity contribution is 0.0734. The van der Waals surface area contributed by atoms with Gasteiger partial charge < -0.3 is 9.47 Å². The van der Waals surface area contributed by atoms with Crippen LogP contribution in [0.3, 0.4) is 0 Å². The maximum atomic E-state index is 12.5. The molecular formula is C22H13ClO4. The van der Waals surface area contributed by atoms with Crippen LogP contribution in [0.2, 0.25) is 5.02 Å². The van der Waals surface area contributed by atoms with Crippen LogP contribution in [0.4, 0.5) is 0 Å². The highest BCUT2D eigenvalue weighted by Gasteiger charge is 2.28. The van der Waals surface area contributed by atoms with Gasteiger partial charge in [0.1, 0.15) is 11.5 Å². The SMILES string of the molecule is O=C(Oc1ccc2c(c1)O/C(=C\c1ccccc1Cl)C2=O)c1ccccc1. The van der Waals surface area contributed by atoms with Gasteiger partial charge in [0.25, 0.3) is 0 Å². The minimum atomic E-state index is -0.480. The monoisotopic (exact) mass is 376 g/mol. The van der Waals surface area contributed by atoms with E-state index in [1.165, 1.54) is 6.07 Å². The zero-order valence-electron chi connectivity index (χ0n) is 14.0. The number of allylic oxidation sites excluding steroid dienone is 1. The van der Waals surface area contributed by atoms with E-state index < -0.39 is 5.97 Å². The molecule has 5 heteroatoms.